The number of rotatable bonds is 4. The lowest BCUT2D eigenvalue weighted by atomic mass is 10.0. The highest BCUT2D eigenvalue weighted by Crippen LogP contribution is 2.25. The van der Waals surface area contributed by atoms with Crippen LogP contribution in [0.15, 0.2) is 18.2 Å². The fourth-order valence-electron chi connectivity index (χ4n) is 1.54. The topological polar surface area (TPSA) is 9.23 Å². The van der Waals surface area contributed by atoms with Gasteiger partial charge in [-0.2, -0.15) is 13.2 Å². The van der Waals surface area contributed by atoms with Crippen LogP contribution in [-0.2, 0) is 4.74 Å². The number of alkyl halides is 4. The molecule has 1 aromatic rings. The molecule has 0 N–H and O–H groups in total. The van der Waals surface area contributed by atoms with Gasteiger partial charge in [-0.15, -0.1) is 11.6 Å². The van der Waals surface area contributed by atoms with E-state index in [0.717, 1.165) is 16.7 Å². The van der Waals surface area contributed by atoms with Gasteiger partial charge >= 0.3 is 6.18 Å². The Kier molecular flexibility index (Phi) is 4.83. The fourth-order valence-corrected chi connectivity index (χ4v) is 1.88. The Bertz CT molecular complexity index is 377. The highest BCUT2D eigenvalue weighted by atomic mass is 35.5. The number of ether oxygens (including phenoxy) is 1. The predicted octanol–water partition coefficient (Wildman–Crippen LogP) is 4.16. The fraction of sp³-hybridized carbons (Fsp3) is 0.500. The van der Waals surface area contributed by atoms with Gasteiger partial charge < -0.3 is 4.74 Å². The molecule has 0 aliphatic heterocycles. The number of aryl methyl sites for hydroxylation is 2. The standard InChI is InChI=1S/C12H14ClF3O/c1-8-3-4-10(9(2)5-8)11(13)6-17-7-12(14,15)16/h3-5,11H,6-7H2,1-2H3. The Hall–Kier alpha value is -0.740. The molecule has 0 radical (unpaired) electrons. The van der Waals surface area contributed by atoms with Crippen molar-refractivity contribution in [3.05, 3.63) is 34.9 Å². The van der Waals surface area contributed by atoms with Crippen molar-refractivity contribution < 1.29 is 17.9 Å². The van der Waals surface area contributed by atoms with E-state index in [1.807, 2.05) is 32.0 Å². The third-order valence-electron chi connectivity index (χ3n) is 2.29. The highest BCUT2D eigenvalue weighted by molar-refractivity contribution is 6.21. The Morgan fingerprint density at radius 1 is 1.29 bits per heavy atom. The Balaban J connectivity index is 2.55. The van der Waals surface area contributed by atoms with E-state index in [2.05, 4.69) is 4.74 Å². The summed E-state index contributed by atoms with van der Waals surface area (Å²) in [4.78, 5) is 0. The van der Waals surface area contributed by atoms with Crippen LogP contribution in [0.1, 0.15) is 22.1 Å². The molecule has 0 bridgehead atoms. The van der Waals surface area contributed by atoms with Gasteiger partial charge in [0.25, 0.3) is 0 Å². The van der Waals surface area contributed by atoms with Crippen LogP contribution in [0, 0.1) is 13.8 Å². The largest absolute Gasteiger partial charge is 0.411 e. The Morgan fingerprint density at radius 3 is 2.47 bits per heavy atom. The van der Waals surface area contributed by atoms with Crippen LogP contribution in [0.25, 0.3) is 0 Å². The molecular weight excluding hydrogens is 253 g/mol. The van der Waals surface area contributed by atoms with E-state index in [-0.39, 0.29) is 6.61 Å². The monoisotopic (exact) mass is 266 g/mol. The van der Waals surface area contributed by atoms with Gasteiger partial charge in [0.2, 0.25) is 0 Å². The second kappa shape index (κ2) is 5.74. The van der Waals surface area contributed by atoms with E-state index in [1.165, 1.54) is 0 Å². The van der Waals surface area contributed by atoms with E-state index in [9.17, 15) is 13.2 Å². The van der Waals surface area contributed by atoms with E-state index in [1.54, 1.807) is 0 Å². The molecular formula is C12H14ClF3O. The van der Waals surface area contributed by atoms with Crippen LogP contribution in [-0.4, -0.2) is 19.4 Å². The van der Waals surface area contributed by atoms with Crippen LogP contribution in [0.5, 0.6) is 0 Å². The maximum Gasteiger partial charge on any atom is 0.411 e. The normalized spacial score (nSPS) is 13.8. The third kappa shape index (κ3) is 4.96. The first-order chi connectivity index (χ1) is 7.79. The summed E-state index contributed by atoms with van der Waals surface area (Å²) in [6.45, 7) is 2.41. The molecule has 96 valence electrons. The first-order valence-electron chi connectivity index (χ1n) is 5.15. The lowest BCUT2D eigenvalue weighted by Gasteiger charge is -2.14. The van der Waals surface area contributed by atoms with Gasteiger partial charge in [0.1, 0.15) is 6.61 Å². The van der Waals surface area contributed by atoms with Crippen molar-refractivity contribution in [1.82, 2.24) is 0 Å². The van der Waals surface area contributed by atoms with Crippen LogP contribution >= 0.6 is 11.6 Å². The predicted molar refractivity (Wildman–Crippen MR) is 61.4 cm³/mol. The zero-order valence-corrected chi connectivity index (χ0v) is 10.4. The zero-order valence-electron chi connectivity index (χ0n) is 9.64. The van der Waals surface area contributed by atoms with E-state index in [4.69, 9.17) is 11.6 Å². The molecule has 0 aliphatic rings. The molecule has 5 heteroatoms. The third-order valence-corrected chi connectivity index (χ3v) is 2.65. The Morgan fingerprint density at radius 2 is 1.94 bits per heavy atom. The molecule has 1 unspecified atom stereocenters. The molecule has 0 fully saturated rings. The van der Waals surface area contributed by atoms with Crippen molar-refractivity contribution >= 4 is 11.6 Å². The minimum atomic E-state index is -4.31. The lowest BCUT2D eigenvalue weighted by Crippen LogP contribution is -2.18. The van der Waals surface area contributed by atoms with E-state index in [0.29, 0.717) is 0 Å². The highest BCUT2D eigenvalue weighted by Gasteiger charge is 2.28. The molecule has 0 amide bonds. The van der Waals surface area contributed by atoms with Crippen LogP contribution in [0.2, 0.25) is 0 Å². The number of hydrogen-bond donors (Lipinski definition) is 0. The summed E-state index contributed by atoms with van der Waals surface area (Å²) in [5.74, 6) is 0. The van der Waals surface area contributed by atoms with Gasteiger partial charge in [-0.25, -0.2) is 0 Å². The van der Waals surface area contributed by atoms with E-state index < -0.39 is 18.2 Å². The first kappa shape index (κ1) is 14.3. The minimum absolute atomic E-state index is 0.148. The van der Waals surface area contributed by atoms with Crippen molar-refractivity contribution in [1.29, 1.82) is 0 Å². The molecule has 0 heterocycles. The molecule has 17 heavy (non-hydrogen) atoms. The smallest absolute Gasteiger partial charge is 0.370 e. The summed E-state index contributed by atoms with van der Waals surface area (Å²) in [6, 6.07) is 5.63. The summed E-state index contributed by atoms with van der Waals surface area (Å²) >= 11 is 6.00. The SMILES string of the molecule is Cc1ccc(C(Cl)COCC(F)(F)F)c(C)c1. The molecule has 0 spiro atoms. The van der Waals surface area contributed by atoms with Crippen molar-refractivity contribution in [2.24, 2.45) is 0 Å². The summed E-state index contributed by atoms with van der Waals surface area (Å²) in [5, 5.41) is -0.557. The van der Waals surface area contributed by atoms with E-state index >= 15 is 0 Å². The number of halogens is 4. The zero-order chi connectivity index (χ0) is 13.1. The quantitative estimate of drug-likeness (QED) is 0.744. The van der Waals surface area contributed by atoms with Gasteiger partial charge in [0.05, 0.1) is 12.0 Å². The van der Waals surface area contributed by atoms with Gasteiger partial charge in [0, 0.05) is 0 Å². The molecule has 0 aliphatic carbocycles. The molecule has 0 aromatic heterocycles. The number of benzene rings is 1. The van der Waals surface area contributed by atoms with Crippen molar-refractivity contribution in [3.63, 3.8) is 0 Å². The molecule has 0 saturated carbocycles. The molecule has 1 aromatic carbocycles. The molecule has 1 nitrogen and oxygen atoms in total. The maximum atomic E-state index is 11.9. The average molecular weight is 267 g/mol. The number of hydrogen-bond acceptors (Lipinski definition) is 1. The summed E-state index contributed by atoms with van der Waals surface area (Å²) in [7, 11) is 0. The molecule has 1 rings (SSSR count). The second-order valence-electron chi connectivity index (χ2n) is 3.96. The van der Waals surface area contributed by atoms with Gasteiger partial charge in [-0.05, 0) is 25.0 Å². The van der Waals surface area contributed by atoms with Crippen LogP contribution < -0.4 is 0 Å². The lowest BCUT2D eigenvalue weighted by molar-refractivity contribution is -0.173. The summed E-state index contributed by atoms with van der Waals surface area (Å²) < 4.78 is 40.2. The van der Waals surface area contributed by atoms with Crippen molar-refractivity contribution in [3.8, 4) is 0 Å². The van der Waals surface area contributed by atoms with Gasteiger partial charge in [-0.3, -0.25) is 0 Å². The first-order valence-corrected chi connectivity index (χ1v) is 5.59. The van der Waals surface area contributed by atoms with Crippen LogP contribution in [0.3, 0.4) is 0 Å². The maximum absolute atomic E-state index is 11.9. The molecule has 1 atom stereocenters. The summed E-state index contributed by atoms with van der Waals surface area (Å²) in [5.41, 5.74) is 2.85. The second-order valence-corrected chi connectivity index (χ2v) is 4.48. The van der Waals surface area contributed by atoms with Crippen LogP contribution in [0.4, 0.5) is 13.2 Å². The summed E-state index contributed by atoms with van der Waals surface area (Å²) in [6.07, 6.45) is -4.31. The average Bonchev–Trinajstić information content (AvgIpc) is 2.15. The minimum Gasteiger partial charge on any atom is -0.370 e. The molecule has 0 saturated heterocycles. The van der Waals surface area contributed by atoms with Gasteiger partial charge in [0.15, 0.2) is 0 Å². The van der Waals surface area contributed by atoms with Gasteiger partial charge in [-0.1, -0.05) is 23.8 Å². The Labute approximate surface area is 104 Å². The van der Waals surface area contributed by atoms with Crippen molar-refractivity contribution in [2.45, 2.75) is 25.4 Å². The van der Waals surface area contributed by atoms with Crippen molar-refractivity contribution in [2.75, 3.05) is 13.2 Å².